The topological polar surface area (TPSA) is 32.3 Å². The van der Waals surface area contributed by atoms with Gasteiger partial charge in [-0.2, -0.15) is 0 Å². The Kier molecular flexibility index (Phi) is 4.23. The summed E-state index contributed by atoms with van der Waals surface area (Å²) >= 11 is 3.17. The van der Waals surface area contributed by atoms with Crippen molar-refractivity contribution in [1.82, 2.24) is 10.4 Å². The maximum absolute atomic E-state index is 13.3. The van der Waals surface area contributed by atoms with Crippen LogP contribution in [0.4, 0.5) is 4.39 Å². The van der Waals surface area contributed by atoms with Gasteiger partial charge in [0.15, 0.2) is 0 Å². The molecule has 0 aliphatic carbocycles. The average Bonchev–Trinajstić information content (AvgIpc) is 2.15. The number of carbonyl (C=O) groups is 1. The van der Waals surface area contributed by atoms with Gasteiger partial charge in [0.25, 0.3) is 0 Å². The minimum absolute atomic E-state index is 0.118. The summed E-state index contributed by atoms with van der Waals surface area (Å²) < 4.78 is 14.0. The van der Waals surface area contributed by atoms with E-state index in [9.17, 15) is 9.18 Å². The second-order valence-electron chi connectivity index (χ2n) is 3.15. The van der Waals surface area contributed by atoms with Crippen molar-refractivity contribution in [3.05, 3.63) is 34.1 Å². The number of rotatable bonds is 3. The van der Waals surface area contributed by atoms with Crippen LogP contribution in [0.3, 0.4) is 0 Å². The van der Waals surface area contributed by atoms with Crippen LogP contribution in [0.5, 0.6) is 0 Å². The molecule has 1 aromatic rings. The molecule has 15 heavy (non-hydrogen) atoms. The zero-order chi connectivity index (χ0) is 11.4. The standard InChI is InChI=1S/C10H12BrFN2O/c1-7(15)14(2)13-6-8-3-4-9(11)5-10(8)12/h3-5,13H,6H2,1-2H3. The van der Waals surface area contributed by atoms with Gasteiger partial charge in [-0.25, -0.2) is 9.82 Å². The van der Waals surface area contributed by atoms with E-state index in [1.165, 1.54) is 18.0 Å². The first-order chi connectivity index (χ1) is 7.00. The van der Waals surface area contributed by atoms with Crippen molar-refractivity contribution in [3.8, 4) is 0 Å². The molecule has 5 heteroatoms. The second kappa shape index (κ2) is 5.23. The first-order valence-electron chi connectivity index (χ1n) is 4.42. The number of benzene rings is 1. The fraction of sp³-hybridized carbons (Fsp3) is 0.300. The molecule has 3 nitrogen and oxygen atoms in total. The predicted octanol–water partition coefficient (Wildman–Crippen LogP) is 2.07. The Morgan fingerprint density at radius 1 is 1.60 bits per heavy atom. The highest BCUT2D eigenvalue weighted by molar-refractivity contribution is 9.10. The normalized spacial score (nSPS) is 10.1. The van der Waals surface area contributed by atoms with Crippen LogP contribution in [-0.2, 0) is 11.3 Å². The van der Waals surface area contributed by atoms with Gasteiger partial charge >= 0.3 is 0 Å². The molecular weight excluding hydrogens is 263 g/mol. The number of amides is 1. The summed E-state index contributed by atoms with van der Waals surface area (Å²) in [4.78, 5) is 10.9. The third kappa shape index (κ3) is 3.60. The zero-order valence-corrected chi connectivity index (χ0v) is 10.1. The lowest BCUT2D eigenvalue weighted by Gasteiger charge is -2.16. The number of hydrogen-bond donors (Lipinski definition) is 1. The van der Waals surface area contributed by atoms with Crippen LogP contribution in [0, 0.1) is 5.82 Å². The Balaban J connectivity index is 2.62. The number of hydrazine groups is 1. The van der Waals surface area contributed by atoms with E-state index >= 15 is 0 Å². The molecule has 1 rings (SSSR count). The number of halogens is 2. The minimum atomic E-state index is -0.297. The Morgan fingerprint density at radius 2 is 2.27 bits per heavy atom. The molecule has 1 aromatic carbocycles. The summed E-state index contributed by atoms with van der Waals surface area (Å²) in [6, 6.07) is 4.82. The number of nitrogens with one attached hydrogen (secondary N) is 1. The zero-order valence-electron chi connectivity index (χ0n) is 8.55. The van der Waals surface area contributed by atoms with Crippen molar-refractivity contribution >= 4 is 21.8 Å². The molecule has 0 bridgehead atoms. The summed E-state index contributed by atoms with van der Waals surface area (Å²) in [7, 11) is 1.60. The van der Waals surface area contributed by atoms with Crippen LogP contribution in [0.1, 0.15) is 12.5 Å². The largest absolute Gasteiger partial charge is 0.281 e. The van der Waals surface area contributed by atoms with Gasteiger partial charge in [-0.15, -0.1) is 0 Å². The van der Waals surface area contributed by atoms with Crippen LogP contribution >= 0.6 is 15.9 Å². The van der Waals surface area contributed by atoms with Gasteiger partial charge in [0.2, 0.25) is 5.91 Å². The highest BCUT2D eigenvalue weighted by Gasteiger charge is 2.05. The lowest BCUT2D eigenvalue weighted by atomic mass is 10.2. The Bertz CT molecular complexity index is 370. The van der Waals surface area contributed by atoms with Gasteiger partial charge in [0.1, 0.15) is 5.82 Å². The van der Waals surface area contributed by atoms with E-state index in [4.69, 9.17) is 0 Å². The SMILES string of the molecule is CC(=O)N(C)NCc1ccc(Br)cc1F. The fourth-order valence-electron chi connectivity index (χ4n) is 0.980. The number of nitrogens with zero attached hydrogens (tertiary/aromatic N) is 1. The smallest absolute Gasteiger partial charge is 0.233 e. The molecule has 0 spiro atoms. The van der Waals surface area contributed by atoms with Crippen molar-refractivity contribution in [3.63, 3.8) is 0 Å². The lowest BCUT2D eigenvalue weighted by Crippen LogP contribution is -2.37. The molecule has 0 fully saturated rings. The van der Waals surface area contributed by atoms with Crippen LogP contribution in [0.25, 0.3) is 0 Å². The molecule has 0 aliphatic heterocycles. The Labute approximate surface area is 96.4 Å². The van der Waals surface area contributed by atoms with Crippen LogP contribution < -0.4 is 5.43 Å². The van der Waals surface area contributed by atoms with Crippen molar-refractivity contribution < 1.29 is 9.18 Å². The van der Waals surface area contributed by atoms with Gasteiger partial charge in [0, 0.05) is 30.6 Å². The summed E-state index contributed by atoms with van der Waals surface area (Å²) in [6.45, 7) is 1.72. The molecule has 1 amide bonds. The molecule has 1 N–H and O–H groups in total. The van der Waals surface area contributed by atoms with Gasteiger partial charge in [-0.3, -0.25) is 9.80 Å². The van der Waals surface area contributed by atoms with Crippen molar-refractivity contribution in [1.29, 1.82) is 0 Å². The van der Waals surface area contributed by atoms with Crippen molar-refractivity contribution in [2.24, 2.45) is 0 Å². The van der Waals surface area contributed by atoms with E-state index in [2.05, 4.69) is 21.4 Å². The fourth-order valence-corrected chi connectivity index (χ4v) is 1.31. The predicted molar refractivity (Wildman–Crippen MR) is 59.4 cm³/mol. The maximum atomic E-state index is 13.3. The van der Waals surface area contributed by atoms with E-state index < -0.39 is 0 Å². The molecule has 0 aliphatic rings. The molecule has 0 radical (unpaired) electrons. The highest BCUT2D eigenvalue weighted by atomic mass is 79.9. The molecular formula is C10H12BrFN2O. The maximum Gasteiger partial charge on any atom is 0.233 e. The lowest BCUT2D eigenvalue weighted by molar-refractivity contribution is -0.130. The molecule has 0 saturated heterocycles. The van der Waals surface area contributed by atoms with E-state index in [1.54, 1.807) is 19.2 Å². The molecule has 82 valence electrons. The van der Waals surface area contributed by atoms with E-state index in [-0.39, 0.29) is 18.3 Å². The van der Waals surface area contributed by atoms with Gasteiger partial charge < -0.3 is 0 Å². The molecule has 0 heterocycles. The summed E-state index contributed by atoms with van der Waals surface area (Å²) in [5, 5.41) is 1.32. The number of carbonyl (C=O) groups excluding carboxylic acids is 1. The minimum Gasteiger partial charge on any atom is -0.281 e. The first kappa shape index (κ1) is 12.1. The van der Waals surface area contributed by atoms with Crippen LogP contribution in [0.15, 0.2) is 22.7 Å². The van der Waals surface area contributed by atoms with E-state index in [1.807, 2.05) is 0 Å². The second-order valence-corrected chi connectivity index (χ2v) is 4.06. The molecule has 0 saturated carbocycles. The van der Waals surface area contributed by atoms with Crippen molar-refractivity contribution in [2.45, 2.75) is 13.5 Å². The summed E-state index contributed by atoms with van der Waals surface area (Å²) in [6.07, 6.45) is 0. The Morgan fingerprint density at radius 3 is 2.80 bits per heavy atom. The van der Waals surface area contributed by atoms with E-state index in [0.29, 0.717) is 10.0 Å². The first-order valence-corrected chi connectivity index (χ1v) is 5.21. The summed E-state index contributed by atoms with van der Waals surface area (Å²) in [5.74, 6) is -0.415. The van der Waals surface area contributed by atoms with Crippen LogP contribution in [-0.4, -0.2) is 18.0 Å². The monoisotopic (exact) mass is 274 g/mol. The number of hydrogen-bond acceptors (Lipinski definition) is 2. The third-order valence-electron chi connectivity index (χ3n) is 1.99. The highest BCUT2D eigenvalue weighted by Crippen LogP contribution is 2.14. The summed E-state index contributed by atoms with van der Waals surface area (Å²) in [5.41, 5.74) is 3.31. The van der Waals surface area contributed by atoms with Gasteiger partial charge in [-0.05, 0) is 12.1 Å². The molecule has 0 atom stereocenters. The Hall–Kier alpha value is -0.940. The van der Waals surface area contributed by atoms with Crippen LogP contribution in [0.2, 0.25) is 0 Å². The van der Waals surface area contributed by atoms with Crippen molar-refractivity contribution in [2.75, 3.05) is 7.05 Å². The average molecular weight is 275 g/mol. The quantitative estimate of drug-likeness (QED) is 0.856. The van der Waals surface area contributed by atoms with E-state index in [0.717, 1.165) is 0 Å². The molecule has 0 unspecified atom stereocenters. The van der Waals surface area contributed by atoms with Gasteiger partial charge in [0.05, 0.1) is 0 Å². The third-order valence-corrected chi connectivity index (χ3v) is 2.49. The van der Waals surface area contributed by atoms with Gasteiger partial charge in [-0.1, -0.05) is 22.0 Å². The molecule has 0 aromatic heterocycles.